The summed E-state index contributed by atoms with van der Waals surface area (Å²) in [4.78, 5) is 18.8. The van der Waals surface area contributed by atoms with Crippen LogP contribution in [-0.2, 0) is 0 Å². The monoisotopic (exact) mass is 439 g/mol. The second-order valence-corrected chi connectivity index (χ2v) is 8.33. The molecule has 3 heterocycles. The molecule has 5 rings (SSSR count). The summed E-state index contributed by atoms with van der Waals surface area (Å²) in [5, 5.41) is 7.10. The zero-order chi connectivity index (χ0) is 22.1. The number of likely N-dealkylation sites (tertiary alicyclic amines) is 1. The third-order valence-corrected chi connectivity index (χ3v) is 6.32. The zero-order valence-electron chi connectivity index (χ0n) is 17.3. The highest BCUT2D eigenvalue weighted by Gasteiger charge is 2.45. The molecule has 0 radical (unpaired) electrons. The number of benzene rings is 1. The SMILES string of the molecule is O=C(Nc1ccc(F)c(F)c1)N1C[C@H]2C[C@H](Oc3ccccn3)[C@@H](n3cccn3)C[C@H]2C1. The van der Waals surface area contributed by atoms with Crippen LogP contribution in [0.15, 0.2) is 61.1 Å². The van der Waals surface area contributed by atoms with Crippen molar-refractivity contribution in [1.82, 2.24) is 19.7 Å². The van der Waals surface area contributed by atoms with Crippen LogP contribution in [0.5, 0.6) is 5.88 Å². The van der Waals surface area contributed by atoms with Gasteiger partial charge in [-0.3, -0.25) is 4.68 Å². The number of carbonyl (C=O) groups is 1. The van der Waals surface area contributed by atoms with Gasteiger partial charge in [0.05, 0.1) is 6.04 Å². The van der Waals surface area contributed by atoms with Gasteiger partial charge in [-0.25, -0.2) is 18.6 Å². The molecule has 2 fully saturated rings. The normalized spacial score (nSPS) is 24.8. The van der Waals surface area contributed by atoms with E-state index in [4.69, 9.17) is 4.74 Å². The first-order valence-corrected chi connectivity index (χ1v) is 10.6. The fraction of sp³-hybridized carbons (Fsp3) is 0.348. The maximum Gasteiger partial charge on any atom is 0.321 e. The number of nitrogens with zero attached hydrogens (tertiary/aromatic N) is 4. The molecular formula is C23H23F2N5O2. The van der Waals surface area contributed by atoms with Gasteiger partial charge < -0.3 is 15.0 Å². The molecule has 1 N–H and O–H groups in total. The van der Waals surface area contributed by atoms with Gasteiger partial charge in [-0.15, -0.1) is 0 Å². The Balaban J connectivity index is 1.30. The second-order valence-electron chi connectivity index (χ2n) is 8.33. The molecule has 32 heavy (non-hydrogen) atoms. The molecular weight excluding hydrogens is 416 g/mol. The maximum absolute atomic E-state index is 13.5. The minimum atomic E-state index is -0.991. The van der Waals surface area contributed by atoms with Crippen LogP contribution in [0.25, 0.3) is 0 Å². The Hall–Kier alpha value is -3.49. The van der Waals surface area contributed by atoms with Crippen molar-refractivity contribution in [3.05, 3.63) is 72.7 Å². The van der Waals surface area contributed by atoms with E-state index in [0.717, 1.165) is 25.0 Å². The molecule has 2 amide bonds. The summed E-state index contributed by atoms with van der Waals surface area (Å²) < 4.78 is 34.8. The number of fused-ring (bicyclic) bond motifs is 1. The van der Waals surface area contributed by atoms with Crippen LogP contribution >= 0.6 is 0 Å². The van der Waals surface area contributed by atoms with E-state index in [1.54, 1.807) is 17.3 Å². The van der Waals surface area contributed by atoms with Gasteiger partial charge in [0.2, 0.25) is 5.88 Å². The molecule has 166 valence electrons. The third-order valence-electron chi connectivity index (χ3n) is 6.32. The molecule has 2 aliphatic rings. The van der Waals surface area contributed by atoms with Crippen molar-refractivity contribution in [3.63, 3.8) is 0 Å². The minimum Gasteiger partial charge on any atom is -0.472 e. The number of amides is 2. The first-order valence-electron chi connectivity index (χ1n) is 10.6. The predicted octanol–water partition coefficient (Wildman–Crippen LogP) is 4.12. The fourth-order valence-electron chi connectivity index (χ4n) is 4.79. The predicted molar refractivity (Wildman–Crippen MR) is 113 cm³/mol. The number of halogens is 2. The number of hydrogen-bond acceptors (Lipinski definition) is 4. The number of ether oxygens (including phenoxy) is 1. The third kappa shape index (κ3) is 4.15. The van der Waals surface area contributed by atoms with Gasteiger partial charge in [0.15, 0.2) is 11.6 Å². The van der Waals surface area contributed by atoms with Crippen LogP contribution in [0, 0.1) is 23.5 Å². The minimum absolute atomic E-state index is 0.0301. The van der Waals surface area contributed by atoms with Crippen LogP contribution in [0.1, 0.15) is 18.9 Å². The Morgan fingerprint density at radius 2 is 1.88 bits per heavy atom. The van der Waals surface area contributed by atoms with E-state index in [9.17, 15) is 13.6 Å². The number of aromatic nitrogens is 3. The summed E-state index contributed by atoms with van der Waals surface area (Å²) in [6.07, 6.45) is 6.84. The van der Waals surface area contributed by atoms with Crippen LogP contribution in [-0.4, -0.2) is 44.9 Å². The molecule has 1 saturated carbocycles. The first-order chi connectivity index (χ1) is 15.6. The molecule has 1 aliphatic carbocycles. The van der Waals surface area contributed by atoms with Gasteiger partial charge in [-0.2, -0.15) is 5.10 Å². The molecule has 0 unspecified atom stereocenters. The quantitative estimate of drug-likeness (QED) is 0.664. The topological polar surface area (TPSA) is 72.3 Å². The van der Waals surface area contributed by atoms with Crippen LogP contribution in [0.3, 0.4) is 0 Å². The van der Waals surface area contributed by atoms with E-state index >= 15 is 0 Å². The van der Waals surface area contributed by atoms with Crippen LogP contribution < -0.4 is 10.1 Å². The number of nitrogens with one attached hydrogen (secondary N) is 1. The maximum atomic E-state index is 13.5. The Morgan fingerprint density at radius 1 is 1.03 bits per heavy atom. The number of rotatable bonds is 4. The molecule has 2 aromatic heterocycles. The Morgan fingerprint density at radius 3 is 2.59 bits per heavy atom. The summed E-state index contributed by atoms with van der Waals surface area (Å²) in [5.74, 6) is -0.804. The summed E-state index contributed by atoms with van der Waals surface area (Å²) in [7, 11) is 0. The molecule has 3 aromatic rings. The average Bonchev–Trinajstić information content (AvgIpc) is 3.46. The molecule has 1 saturated heterocycles. The molecule has 4 atom stereocenters. The summed E-state index contributed by atoms with van der Waals surface area (Å²) in [6.45, 7) is 1.17. The van der Waals surface area contributed by atoms with E-state index in [-0.39, 0.29) is 29.8 Å². The van der Waals surface area contributed by atoms with E-state index in [1.807, 2.05) is 35.1 Å². The molecule has 7 nitrogen and oxygen atoms in total. The van der Waals surface area contributed by atoms with Crippen molar-refractivity contribution in [2.45, 2.75) is 25.0 Å². The van der Waals surface area contributed by atoms with Crippen molar-refractivity contribution in [3.8, 4) is 5.88 Å². The highest BCUT2D eigenvalue weighted by atomic mass is 19.2. The number of hydrogen-bond donors (Lipinski definition) is 1. The molecule has 1 aromatic carbocycles. The van der Waals surface area contributed by atoms with Crippen molar-refractivity contribution in [2.75, 3.05) is 18.4 Å². The lowest BCUT2D eigenvalue weighted by Crippen LogP contribution is -2.40. The van der Waals surface area contributed by atoms with E-state index in [2.05, 4.69) is 15.4 Å². The van der Waals surface area contributed by atoms with Gasteiger partial charge in [0, 0.05) is 49.5 Å². The van der Waals surface area contributed by atoms with Gasteiger partial charge >= 0.3 is 6.03 Å². The van der Waals surface area contributed by atoms with Crippen molar-refractivity contribution in [1.29, 1.82) is 0 Å². The Bertz CT molecular complexity index is 1080. The van der Waals surface area contributed by atoms with E-state index in [1.165, 1.54) is 6.07 Å². The Labute approximate surface area is 184 Å². The number of anilines is 1. The summed E-state index contributed by atoms with van der Waals surface area (Å²) in [6, 6.07) is 10.5. The average molecular weight is 439 g/mol. The first kappa shape index (κ1) is 20.4. The van der Waals surface area contributed by atoms with Gasteiger partial charge in [0.25, 0.3) is 0 Å². The summed E-state index contributed by atoms with van der Waals surface area (Å²) >= 11 is 0. The largest absolute Gasteiger partial charge is 0.472 e. The zero-order valence-corrected chi connectivity index (χ0v) is 17.3. The highest BCUT2D eigenvalue weighted by molar-refractivity contribution is 5.89. The van der Waals surface area contributed by atoms with Crippen molar-refractivity contribution >= 4 is 11.7 Å². The molecule has 1 aliphatic heterocycles. The van der Waals surface area contributed by atoms with Crippen molar-refractivity contribution in [2.24, 2.45) is 11.8 Å². The molecule has 0 spiro atoms. The highest BCUT2D eigenvalue weighted by Crippen LogP contribution is 2.42. The van der Waals surface area contributed by atoms with Crippen molar-refractivity contribution < 1.29 is 18.3 Å². The number of pyridine rings is 1. The van der Waals surface area contributed by atoms with Crippen LogP contribution in [0.4, 0.5) is 19.3 Å². The van der Waals surface area contributed by atoms with Gasteiger partial charge in [-0.05, 0) is 48.9 Å². The van der Waals surface area contributed by atoms with E-state index in [0.29, 0.717) is 24.9 Å². The van der Waals surface area contributed by atoms with Gasteiger partial charge in [-0.1, -0.05) is 6.07 Å². The lowest BCUT2D eigenvalue weighted by Gasteiger charge is -2.37. The van der Waals surface area contributed by atoms with Crippen LogP contribution in [0.2, 0.25) is 0 Å². The van der Waals surface area contributed by atoms with Gasteiger partial charge in [0.1, 0.15) is 6.10 Å². The number of carbonyl (C=O) groups excluding carboxylic acids is 1. The second kappa shape index (κ2) is 8.57. The molecule has 0 bridgehead atoms. The fourth-order valence-corrected chi connectivity index (χ4v) is 4.79. The van der Waals surface area contributed by atoms with E-state index < -0.39 is 11.6 Å². The Kier molecular flexibility index (Phi) is 5.46. The lowest BCUT2D eigenvalue weighted by molar-refractivity contribution is 0.0459. The number of urea groups is 1. The standard InChI is InChI=1S/C23H23F2N5O2/c24-18-6-5-17(12-19(18)25)28-23(31)29-13-15-10-20(30-9-3-8-27-30)21(11-16(15)14-29)32-22-4-1-2-7-26-22/h1-9,12,15-16,20-21H,10-11,13-14H2,(H,28,31)/t15-,16+,20-,21-/m0/s1. The smallest absolute Gasteiger partial charge is 0.321 e. The molecule has 9 heteroatoms. The lowest BCUT2D eigenvalue weighted by atomic mass is 9.77. The summed E-state index contributed by atoms with van der Waals surface area (Å²) in [5.41, 5.74) is 0.231.